The molecule has 0 fully saturated rings. The normalized spacial score (nSPS) is 12.6. The highest BCUT2D eigenvalue weighted by Gasteiger charge is 2.27. The van der Waals surface area contributed by atoms with Crippen LogP contribution in [0.5, 0.6) is 0 Å². The fourth-order valence-corrected chi connectivity index (χ4v) is 5.01. The van der Waals surface area contributed by atoms with E-state index in [1.54, 1.807) is 19.1 Å². The minimum Gasteiger partial charge on any atom is -0.351 e. The van der Waals surface area contributed by atoms with Crippen LogP contribution in [-0.2, 0) is 21.4 Å². The molecule has 0 saturated heterocycles. The third-order valence-corrected chi connectivity index (χ3v) is 6.93. The van der Waals surface area contributed by atoms with Crippen molar-refractivity contribution in [3.63, 3.8) is 0 Å². The fourth-order valence-electron chi connectivity index (χ4n) is 2.54. The van der Waals surface area contributed by atoms with Crippen molar-refractivity contribution in [1.29, 1.82) is 0 Å². The quantitative estimate of drug-likeness (QED) is 0.567. The second-order valence-corrected chi connectivity index (χ2v) is 9.84. The van der Waals surface area contributed by atoms with Gasteiger partial charge < -0.3 is 5.32 Å². The first-order valence-corrected chi connectivity index (χ1v) is 12.3. The van der Waals surface area contributed by atoms with E-state index in [0.29, 0.717) is 16.9 Å². The van der Waals surface area contributed by atoms with Gasteiger partial charge in [0.2, 0.25) is 15.9 Å². The van der Waals surface area contributed by atoms with Gasteiger partial charge in [0.05, 0.1) is 5.02 Å². The maximum atomic E-state index is 13.4. The van der Waals surface area contributed by atoms with Crippen molar-refractivity contribution < 1.29 is 17.6 Å². The number of amides is 1. The zero-order valence-electron chi connectivity index (χ0n) is 15.8. The van der Waals surface area contributed by atoms with Crippen LogP contribution in [0.15, 0.2) is 41.3 Å². The van der Waals surface area contributed by atoms with Crippen LogP contribution in [0, 0.1) is 12.7 Å². The van der Waals surface area contributed by atoms with Crippen LogP contribution in [0.25, 0.3) is 0 Å². The highest BCUT2D eigenvalue weighted by Crippen LogP contribution is 2.25. The molecule has 2 aromatic carbocycles. The van der Waals surface area contributed by atoms with Gasteiger partial charge in [-0.05, 0) is 60.7 Å². The van der Waals surface area contributed by atoms with E-state index >= 15 is 0 Å². The zero-order chi connectivity index (χ0) is 21.6. The molecular formula is C19H21Cl2FN2O3S2. The molecule has 2 rings (SSSR count). The Morgan fingerprint density at radius 2 is 1.93 bits per heavy atom. The van der Waals surface area contributed by atoms with Crippen molar-refractivity contribution in [3.8, 4) is 0 Å². The summed E-state index contributed by atoms with van der Waals surface area (Å²) < 4.78 is 41.3. The van der Waals surface area contributed by atoms with E-state index in [-0.39, 0.29) is 33.7 Å². The van der Waals surface area contributed by atoms with E-state index in [4.69, 9.17) is 23.2 Å². The molecule has 1 atom stereocenters. The number of nitrogens with one attached hydrogen (secondary N) is 2. The third-order valence-electron chi connectivity index (χ3n) is 4.10. The summed E-state index contributed by atoms with van der Waals surface area (Å²) >= 11 is 13.4. The lowest BCUT2D eigenvalue weighted by atomic mass is 10.1. The standard InChI is InChI=1S/C19H21Cl2FN2O3S2/c1-12-9-13(3-6-16(12)22)11-23-19(25)17(7-8-28-2)24-29(26,27)18-10-14(20)4-5-15(18)21/h3-6,9-10,17,24H,7-8,11H2,1-2H3,(H,23,25)/t17-/m1/s1. The molecule has 0 radical (unpaired) electrons. The van der Waals surface area contributed by atoms with Crippen LogP contribution in [0.1, 0.15) is 17.5 Å². The lowest BCUT2D eigenvalue weighted by Gasteiger charge is -2.19. The molecule has 158 valence electrons. The van der Waals surface area contributed by atoms with Crippen molar-refractivity contribution in [2.45, 2.75) is 30.8 Å². The Morgan fingerprint density at radius 3 is 2.59 bits per heavy atom. The molecule has 0 aliphatic carbocycles. The van der Waals surface area contributed by atoms with Crippen molar-refractivity contribution in [3.05, 3.63) is 63.4 Å². The largest absolute Gasteiger partial charge is 0.351 e. The SMILES string of the molecule is CSCC[C@@H](NS(=O)(=O)c1cc(Cl)ccc1Cl)C(=O)NCc1ccc(F)c(C)c1. The number of benzene rings is 2. The number of halogens is 3. The number of thioether (sulfide) groups is 1. The van der Waals surface area contributed by atoms with Gasteiger partial charge in [0.15, 0.2) is 0 Å². The van der Waals surface area contributed by atoms with E-state index < -0.39 is 22.0 Å². The summed E-state index contributed by atoms with van der Waals surface area (Å²) in [5.41, 5.74) is 1.17. The Morgan fingerprint density at radius 1 is 1.21 bits per heavy atom. The van der Waals surface area contributed by atoms with Gasteiger partial charge in [0.1, 0.15) is 16.8 Å². The number of aryl methyl sites for hydroxylation is 1. The highest BCUT2D eigenvalue weighted by atomic mass is 35.5. The minimum absolute atomic E-state index is 0.00714. The molecule has 0 heterocycles. The summed E-state index contributed by atoms with van der Waals surface area (Å²) in [6.45, 7) is 1.78. The first-order valence-electron chi connectivity index (χ1n) is 8.63. The molecule has 29 heavy (non-hydrogen) atoms. The van der Waals surface area contributed by atoms with E-state index in [2.05, 4.69) is 10.0 Å². The predicted molar refractivity (Wildman–Crippen MR) is 117 cm³/mol. The second kappa shape index (κ2) is 10.6. The molecule has 2 aromatic rings. The summed E-state index contributed by atoms with van der Waals surface area (Å²) in [7, 11) is -4.07. The average molecular weight is 479 g/mol. The molecule has 0 saturated carbocycles. The van der Waals surface area contributed by atoms with E-state index in [1.165, 1.54) is 36.0 Å². The molecule has 0 aliphatic heterocycles. The summed E-state index contributed by atoms with van der Waals surface area (Å²) in [5.74, 6) is -0.244. The molecule has 0 aromatic heterocycles. The first kappa shape index (κ1) is 24.0. The fraction of sp³-hybridized carbons (Fsp3) is 0.316. The Kier molecular flexibility index (Phi) is 8.78. The van der Waals surface area contributed by atoms with Gasteiger partial charge in [-0.25, -0.2) is 12.8 Å². The molecule has 0 spiro atoms. The Balaban J connectivity index is 2.15. The number of hydrogen-bond donors (Lipinski definition) is 2. The third kappa shape index (κ3) is 6.86. The smallest absolute Gasteiger partial charge is 0.242 e. The monoisotopic (exact) mass is 478 g/mol. The molecule has 0 unspecified atom stereocenters. The van der Waals surface area contributed by atoms with Crippen LogP contribution >= 0.6 is 35.0 Å². The van der Waals surface area contributed by atoms with Crippen molar-refractivity contribution in [2.75, 3.05) is 12.0 Å². The predicted octanol–water partition coefficient (Wildman–Crippen LogP) is 4.16. The Hall–Kier alpha value is -1.32. The summed E-state index contributed by atoms with van der Waals surface area (Å²) in [5, 5.41) is 2.92. The molecule has 0 bridgehead atoms. The topological polar surface area (TPSA) is 75.3 Å². The minimum atomic E-state index is -4.07. The summed E-state index contributed by atoms with van der Waals surface area (Å²) in [6, 6.07) is 7.61. The lowest BCUT2D eigenvalue weighted by molar-refractivity contribution is -0.122. The molecule has 2 N–H and O–H groups in total. The first-order chi connectivity index (χ1) is 13.6. The lowest BCUT2D eigenvalue weighted by Crippen LogP contribution is -2.46. The van der Waals surface area contributed by atoms with Gasteiger partial charge in [-0.3, -0.25) is 4.79 Å². The Labute approximate surface area is 184 Å². The molecule has 0 aliphatic rings. The van der Waals surface area contributed by atoms with Gasteiger partial charge in [-0.2, -0.15) is 16.5 Å². The number of rotatable bonds is 9. The van der Waals surface area contributed by atoms with Gasteiger partial charge in [-0.1, -0.05) is 35.3 Å². The average Bonchev–Trinajstić information content (AvgIpc) is 2.67. The summed E-state index contributed by atoms with van der Waals surface area (Å²) in [4.78, 5) is 12.5. The van der Waals surface area contributed by atoms with Crippen molar-refractivity contribution >= 4 is 50.9 Å². The number of hydrogen-bond acceptors (Lipinski definition) is 4. The molecular weight excluding hydrogens is 458 g/mol. The zero-order valence-corrected chi connectivity index (χ0v) is 19.0. The van der Waals surface area contributed by atoms with Crippen LogP contribution in [0.2, 0.25) is 10.0 Å². The maximum absolute atomic E-state index is 13.4. The maximum Gasteiger partial charge on any atom is 0.242 e. The number of sulfonamides is 1. The van der Waals surface area contributed by atoms with Crippen LogP contribution in [0.4, 0.5) is 4.39 Å². The van der Waals surface area contributed by atoms with Crippen molar-refractivity contribution in [2.24, 2.45) is 0 Å². The highest BCUT2D eigenvalue weighted by molar-refractivity contribution is 7.98. The van der Waals surface area contributed by atoms with Crippen LogP contribution < -0.4 is 10.0 Å². The molecule has 10 heteroatoms. The Bertz CT molecular complexity index is 987. The number of carbonyl (C=O) groups excluding carboxylic acids is 1. The molecule has 5 nitrogen and oxygen atoms in total. The van der Waals surface area contributed by atoms with Gasteiger partial charge >= 0.3 is 0 Å². The van der Waals surface area contributed by atoms with E-state index in [0.717, 1.165) is 0 Å². The second-order valence-electron chi connectivity index (χ2n) is 6.33. The van der Waals surface area contributed by atoms with E-state index in [9.17, 15) is 17.6 Å². The molecule has 1 amide bonds. The van der Waals surface area contributed by atoms with E-state index in [1.807, 2.05) is 6.26 Å². The van der Waals surface area contributed by atoms with Crippen LogP contribution in [0.3, 0.4) is 0 Å². The van der Waals surface area contributed by atoms with Gasteiger partial charge in [0.25, 0.3) is 0 Å². The summed E-state index contributed by atoms with van der Waals surface area (Å²) in [6.07, 6.45) is 2.14. The van der Waals surface area contributed by atoms with Crippen molar-refractivity contribution in [1.82, 2.24) is 10.0 Å². The van der Waals surface area contributed by atoms with Gasteiger partial charge in [-0.15, -0.1) is 0 Å². The van der Waals surface area contributed by atoms with Gasteiger partial charge in [0, 0.05) is 11.6 Å². The van der Waals surface area contributed by atoms with Crippen LogP contribution in [-0.4, -0.2) is 32.4 Å². The number of carbonyl (C=O) groups is 1.